The van der Waals surface area contributed by atoms with E-state index >= 15 is 0 Å². The van der Waals surface area contributed by atoms with Gasteiger partial charge in [-0.15, -0.1) is 5.10 Å². The zero-order chi connectivity index (χ0) is 21.8. The van der Waals surface area contributed by atoms with Crippen molar-refractivity contribution in [1.82, 2.24) is 19.4 Å². The molecule has 0 bridgehead atoms. The fraction of sp³-hybridized carbons (Fsp3) is 0.143. The molecule has 2 heterocycles. The van der Waals surface area contributed by atoms with Crippen molar-refractivity contribution in [1.29, 1.82) is 0 Å². The van der Waals surface area contributed by atoms with Crippen molar-refractivity contribution in [2.45, 2.75) is 17.3 Å². The van der Waals surface area contributed by atoms with Crippen molar-refractivity contribution in [3.05, 3.63) is 81.7 Å². The van der Waals surface area contributed by atoms with Crippen LogP contribution in [0.5, 0.6) is 5.75 Å². The molecule has 2 aromatic carbocycles. The molecule has 1 N–H and O–H groups in total. The van der Waals surface area contributed by atoms with Crippen LogP contribution in [0.2, 0.25) is 5.02 Å². The molecule has 0 unspecified atom stereocenters. The number of hydrogen-bond acceptors (Lipinski definition) is 6. The first-order valence-corrected chi connectivity index (χ1v) is 10.7. The van der Waals surface area contributed by atoms with Crippen molar-refractivity contribution < 1.29 is 9.53 Å². The summed E-state index contributed by atoms with van der Waals surface area (Å²) >= 11 is 7.40. The quantitative estimate of drug-likeness (QED) is 0.429. The number of ether oxygens (including phenoxy) is 1. The minimum Gasteiger partial charge on any atom is -0.497 e. The van der Waals surface area contributed by atoms with Crippen molar-refractivity contribution in [2.75, 3.05) is 12.4 Å². The Morgan fingerprint density at radius 1 is 1.06 bits per heavy atom. The Bertz CT molecular complexity index is 1270. The van der Waals surface area contributed by atoms with E-state index in [1.165, 1.54) is 16.3 Å². The van der Waals surface area contributed by atoms with Gasteiger partial charge in [0.1, 0.15) is 17.3 Å². The summed E-state index contributed by atoms with van der Waals surface area (Å²) in [4.78, 5) is 25.0. The first-order chi connectivity index (χ1) is 15.0. The van der Waals surface area contributed by atoms with Gasteiger partial charge in [-0.3, -0.25) is 4.79 Å². The van der Waals surface area contributed by atoms with Gasteiger partial charge in [-0.2, -0.15) is 9.61 Å². The van der Waals surface area contributed by atoms with Gasteiger partial charge in [0.05, 0.1) is 7.11 Å². The third-order valence-electron chi connectivity index (χ3n) is 4.38. The SMILES string of the molecule is COc1ccc(NC(=O)Cn2nc3ccc(SCc4ccc(Cl)cc4)nn3c2=O)cc1. The van der Waals surface area contributed by atoms with E-state index in [1.807, 2.05) is 24.3 Å². The summed E-state index contributed by atoms with van der Waals surface area (Å²) in [5.41, 5.74) is 1.59. The molecule has 4 rings (SSSR count). The molecule has 0 saturated carbocycles. The maximum Gasteiger partial charge on any atom is 0.367 e. The Morgan fingerprint density at radius 3 is 2.52 bits per heavy atom. The Balaban J connectivity index is 1.44. The topological polar surface area (TPSA) is 90.5 Å². The Morgan fingerprint density at radius 2 is 1.81 bits per heavy atom. The minimum atomic E-state index is -0.478. The Kier molecular flexibility index (Phi) is 6.24. The lowest BCUT2D eigenvalue weighted by atomic mass is 10.2. The highest BCUT2D eigenvalue weighted by atomic mass is 35.5. The van der Waals surface area contributed by atoms with Crippen LogP contribution in [-0.2, 0) is 17.1 Å². The lowest BCUT2D eigenvalue weighted by molar-refractivity contribution is -0.117. The van der Waals surface area contributed by atoms with Crippen molar-refractivity contribution in [3.8, 4) is 5.75 Å². The van der Waals surface area contributed by atoms with Gasteiger partial charge in [0.2, 0.25) is 5.91 Å². The number of carbonyl (C=O) groups excluding carboxylic acids is 1. The number of methoxy groups -OCH3 is 1. The summed E-state index contributed by atoms with van der Waals surface area (Å²) in [6, 6.07) is 18.0. The number of carbonyl (C=O) groups is 1. The van der Waals surface area contributed by atoms with Crippen LogP contribution in [0.3, 0.4) is 0 Å². The second-order valence-corrected chi connectivity index (χ2v) is 8.01. The molecule has 2 aromatic heterocycles. The molecule has 0 atom stereocenters. The van der Waals surface area contributed by atoms with Gasteiger partial charge in [-0.1, -0.05) is 35.5 Å². The summed E-state index contributed by atoms with van der Waals surface area (Å²) in [5, 5.41) is 12.6. The molecule has 0 aliphatic carbocycles. The van der Waals surface area contributed by atoms with E-state index in [9.17, 15) is 9.59 Å². The fourth-order valence-electron chi connectivity index (χ4n) is 2.82. The maximum atomic E-state index is 12.6. The molecule has 4 aromatic rings. The van der Waals surface area contributed by atoms with Gasteiger partial charge in [0, 0.05) is 16.5 Å². The molecule has 0 fully saturated rings. The van der Waals surface area contributed by atoms with Crippen LogP contribution in [0.25, 0.3) is 5.65 Å². The van der Waals surface area contributed by atoms with E-state index in [0.717, 1.165) is 10.2 Å². The van der Waals surface area contributed by atoms with Gasteiger partial charge >= 0.3 is 5.69 Å². The number of rotatable bonds is 7. The molecule has 0 aliphatic heterocycles. The van der Waals surface area contributed by atoms with Crippen LogP contribution in [-0.4, -0.2) is 32.4 Å². The van der Waals surface area contributed by atoms with Crippen LogP contribution in [0, 0.1) is 0 Å². The molecule has 0 aliphatic rings. The molecule has 0 radical (unpaired) electrons. The number of aromatic nitrogens is 4. The predicted molar refractivity (Wildman–Crippen MR) is 120 cm³/mol. The second kappa shape index (κ2) is 9.23. The first kappa shape index (κ1) is 21.0. The largest absolute Gasteiger partial charge is 0.497 e. The van der Waals surface area contributed by atoms with Crippen LogP contribution < -0.4 is 15.7 Å². The maximum absolute atomic E-state index is 12.6. The number of halogens is 1. The van der Waals surface area contributed by atoms with E-state index in [0.29, 0.717) is 32.9 Å². The normalized spacial score (nSPS) is 10.9. The number of thioether (sulfide) groups is 1. The number of amides is 1. The van der Waals surface area contributed by atoms with E-state index in [4.69, 9.17) is 16.3 Å². The molecule has 0 spiro atoms. The van der Waals surface area contributed by atoms with Gasteiger partial charge in [-0.25, -0.2) is 9.48 Å². The smallest absolute Gasteiger partial charge is 0.367 e. The summed E-state index contributed by atoms with van der Waals surface area (Å²) in [6.45, 7) is -0.221. The van der Waals surface area contributed by atoms with Crippen molar-refractivity contribution in [3.63, 3.8) is 0 Å². The highest BCUT2D eigenvalue weighted by molar-refractivity contribution is 7.98. The van der Waals surface area contributed by atoms with Crippen LogP contribution in [0.1, 0.15) is 5.56 Å². The van der Waals surface area contributed by atoms with Crippen LogP contribution in [0.15, 0.2) is 70.5 Å². The fourth-order valence-corrected chi connectivity index (χ4v) is 3.76. The average molecular weight is 456 g/mol. The summed E-state index contributed by atoms with van der Waals surface area (Å²) in [5.74, 6) is 1.00. The van der Waals surface area contributed by atoms with Gasteiger partial charge < -0.3 is 10.1 Å². The first-order valence-electron chi connectivity index (χ1n) is 9.30. The number of hydrogen-bond donors (Lipinski definition) is 1. The molecule has 10 heteroatoms. The number of nitrogens with one attached hydrogen (secondary N) is 1. The monoisotopic (exact) mass is 455 g/mol. The molecule has 31 heavy (non-hydrogen) atoms. The number of fused-ring (bicyclic) bond motifs is 1. The Labute approximate surface area is 186 Å². The second-order valence-electron chi connectivity index (χ2n) is 6.57. The lowest BCUT2D eigenvalue weighted by Gasteiger charge is -2.05. The molecular weight excluding hydrogens is 438 g/mol. The zero-order valence-electron chi connectivity index (χ0n) is 16.5. The van der Waals surface area contributed by atoms with E-state index in [1.54, 1.807) is 43.5 Å². The summed E-state index contributed by atoms with van der Waals surface area (Å²) < 4.78 is 7.38. The van der Waals surface area contributed by atoms with E-state index in [-0.39, 0.29) is 12.5 Å². The van der Waals surface area contributed by atoms with Crippen LogP contribution >= 0.6 is 23.4 Å². The van der Waals surface area contributed by atoms with Gasteiger partial charge in [-0.05, 0) is 54.1 Å². The standard InChI is InChI=1S/C21H18ClN5O3S/c1-30-17-8-6-16(7-9-17)23-19(28)12-26-21(29)27-18(24-26)10-11-20(25-27)31-13-14-2-4-15(22)5-3-14/h2-11H,12-13H2,1H3,(H,23,28). The number of benzene rings is 2. The zero-order valence-corrected chi connectivity index (χ0v) is 18.1. The van der Waals surface area contributed by atoms with Crippen molar-refractivity contribution >= 4 is 40.6 Å². The summed E-state index contributed by atoms with van der Waals surface area (Å²) in [7, 11) is 1.57. The Hall–Kier alpha value is -3.30. The van der Waals surface area contributed by atoms with Gasteiger partial charge in [0.15, 0.2) is 5.65 Å². The van der Waals surface area contributed by atoms with Crippen molar-refractivity contribution in [2.24, 2.45) is 0 Å². The molecule has 1 amide bonds. The predicted octanol–water partition coefficient (Wildman–Crippen LogP) is 3.48. The number of nitrogens with zero attached hydrogens (tertiary/aromatic N) is 4. The van der Waals surface area contributed by atoms with E-state index < -0.39 is 5.69 Å². The van der Waals surface area contributed by atoms with Gasteiger partial charge in [0.25, 0.3) is 0 Å². The highest BCUT2D eigenvalue weighted by Crippen LogP contribution is 2.21. The number of anilines is 1. The molecule has 0 saturated heterocycles. The van der Waals surface area contributed by atoms with Crippen LogP contribution in [0.4, 0.5) is 5.69 Å². The molecule has 158 valence electrons. The summed E-state index contributed by atoms with van der Waals surface area (Å²) in [6.07, 6.45) is 0. The minimum absolute atomic E-state index is 0.221. The molecule has 8 nitrogen and oxygen atoms in total. The third kappa shape index (κ3) is 5.07. The highest BCUT2D eigenvalue weighted by Gasteiger charge is 2.13. The van der Waals surface area contributed by atoms with E-state index in [2.05, 4.69) is 15.5 Å². The lowest BCUT2D eigenvalue weighted by Crippen LogP contribution is -2.28. The third-order valence-corrected chi connectivity index (χ3v) is 5.63. The molecular formula is C21H18ClN5O3S. The average Bonchev–Trinajstić information content (AvgIpc) is 3.08.